The van der Waals surface area contributed by atoms with Gasteiger partial charge in [0.15, 0.2) is 15.5 Å². The van der Waals surface area contributed by atoms with Gasteiger partial charge in [0.2, 0.25) is 0 Å². The number of hydrogen-bond donors (Lipinski definition) is 3. The van der Waals surface area contributed by atoms with Crippen LogP contribution >= 0.6 is 23.6 Å². The molecule has 1 aromatic heterocycles. The van der Waals surface area contributed by atoms with Crippen LogP contribution in [-0.4, -0.2) is 15.2 Å². The number of rotatable bonds is 1. The molecule has 0 saturated carbocycles. The third kappa shape index (κ3) is 1.64. The molecule has 1 aromatic carbocycles. The Bertz CT molecular complexity index is 516. The molecule has 0 amide bonds. The van der Waals surface area contributed by atoms with Crippen LogP contribution in [0.15, 0.2) is 24.4 Å². The van der Waals surface area contributed by atoms with E-state index in [2.05, 4.69) is 4.98 Å². The summed E-state index contributed by atoms with van der Waals surface area (Å²) in [5.74, 6) is -0.241. The van der Waals surface area contributed by atoms with Crippen molar-refractivity contribution in [1.82, 2.24) is 4.98 Å². The first kappa shape index (κ1) is 9.23. The Morgan fingerprint density at radius 3 is 2.57 bits per heavy atom. The summed E-state index contributed by atoms with van der Waals surface area (Å²) in [6.45, 7) is 0. The zero-order chi connectivity index (χ0) is 10.1. The highest BCUT2D eigenvalue weighted by Gasteiger charge is 2.04. The van der Waals surface area contributed by atoms with Gasteiger partial charge in [0.1, 0.15) is 0 Å². The van der Waals surface area contributed by atoms with Crippen LogP contribution in [0, 0.1) is 3.95 Å². The van der Waals surface area contributed by atoms with Crippen molar-refractivity contribution in [3.8, 4) is 21.9 Å². The Labute approximate surface area is 89.3 Å². The summed E-state index contributed by atoms with van der Waals surface area (Å²) in [6, 6.07) is 4.68. The van der Waals surface area contributed by atoms with E-state index < -0.39 is 0 Å². The van der Waals surface area contributed by atoms with E-state index in [0.717, 1.165) is 10.4 Å². The quantitative estimate of drug-likeness (QED) is 0.516. The second-order valence-corrected chi connectivity index (χ2v) is 4.46. The Balaban J connectivity index is 2.52. The molecule has 0 unspecified atom stereocenters. The number of phenolic OH excluding ortho intramolecular Hbond substituents is 2. The van der Waals surface area contributed by atoms with Gasteiger partial charge >= 0.3 is 0 Å². The second kappa shape index (κ2) is 3.43. The second-order valence-electron chi connectivity index (χ2n) is 2.75. The van der Waals surface area contributed by atoms with Crippen LogP contribution in [0.3, 0.4) is 0 Å². The molecule has 14 heavy (non-hydrogen) atoms. The number of phenols is 2. The Morgan fingerprint density at radius 2 is 2.00 bits per heavy atom. The lowest BCUT2D eigenvalue weighted by molar-refractivity contribution is 0.404. The standard InChI is InChI=1S/C9H7NO2S2/c11-6-2-1-5(3-7(6)12)8-4-10-9(13)14-8/h1-4,11-12H,(H,10,13). The van der Waals surface area contributed by atoms with Crippen molar-refractivity contribution < 1.29 is 10.2 Å². The van der Waals surface area contributed by atoms with Gasteiger partial charge in [-0.3, -0.25) is 0 Å². The van der Waals surface area contributed by atoms with Gasteiger partial charge in [-0.25, -0.2) is 0 Å². The van der Waals surface area contributed by atoms with Gasteiger partial charge in [-0.05, 0) is 36.0 Å². The van der Waals surface area contributed by atoms with Crippen molar-refractivity contribution >= 4 is 23.6 Å². The van der Waals surface area contributed by atoms with Crippen LogP contribution in [0.2, 0.25) is 0 Å². The van der Waals surface area contributed by atoms with E-state index in [1.807, 2.05) is 0 Å². The first-order valence-electron chi connectivity index (χ1n) is 3.87. The third-order valence-electron chi connectivity index (χ3n) is 1.78. The monoisotopic (exact) mass is 225 g/mol. The molecule has 0 spiro atoms. The number of H-pyrrole nitrogens is 1. The Hall–Kier alpha value is -1.33. The zero-order valence-corrected chi connectivity index (χ0v) is 8.65. The largest absolute Gasteiger partial charge is 0.504 e. The van der Waals surface area contributed by atoms with Crippen molar-refractivity contribution in [1.29, 1.82) is 0 Å². The van der Waals surface area contributed by atoms with E-state index in [1.165, 1.54) is 23.5 Å². The molecule has 5 heteroatoms. The van der Waals surface area contributed by atoms with E-state index in [4.69, 9.17) is 17.3 Å². The fourth-order valence-corrected chi connectivity index (χ4v) is 2.11. The summed E-state index contributed by atoms with van der Waals surface area (Å²) in [6.07, 6.45) is 1.78. The maximum absolute atomic E-state index is 9.29. The Kier molecular flexibility index (Phi) is 2.26. The molecule has 72 valence electrons. The molecule has 2 rings (SSSR count). The zero-order valence-electron chi connectivity index (χ0n) is 7.02. The number of aromatic nitrogens is 1. The van der Waals surface area contributed by atoms with Gasteiger partial charge in [0.05, 0.1) is 4.88 Å². The minimum absolute atomic E-state index is 0.118. The van der Waals surface area contributed by atoms with E-state index in [0.29, 0.717) is 3.95 Å². The van der Waals surface area contributed by atoms with Crippen molar-refractivity contribution in [3.63, 3.8) is 0 Å². The summed E-state index contributed by atoms with van der Waals surface area (Å²) < 4.78 is 0.688. The molecule has 0 radical (unpaired) electrons. The molecule has 0 fully saturated rings. The molecule has 0 aliphatic carbocycles. The van der Waals surface area contributed by atoms with E-state index >= 15 is 0 Å². The number of benzene rings is 1. The lowest BCUT2D eigenvalue weighted by Crippen LogP contribution is -1.73. The summed E-state index contributed by atoms with van der Waals surface area (Å²) in [5.41, 5.74) is 0.831. The van der Waals surface area contributed by atoms with Crippen molar-refractivity contribution in [2.75, 3.05) is 0 Å². The molecular weight excluding hydrogens is 218 g/mol. The number of aromatic hydroxyl groups is 2. The van der Waals surface area contributed by atoms with Crippen molar-refractivity contribution in [2.45, 2.75) is 0 Å². The molecule has 0 aliphatic rings. The minimum atomic E-state index is -0.123. The molecular formula is C9H7NO2S2. The van der Waals surface area contributed by atoms with E-state index in [1.54, 1.807) is 12.3 Å². The van der Waals surface area contributed by atoms with Crippen LogP contribution in [0.5, 0.6) is 11.5 Å². The summed E-state index contributed by atoms with van der Waals surface area (Å²) in [4.78, 5) is 3.83. The van der Waals surface area contributed by atoms with Gasteiger partial charge in [0, 0.05) is 6.20 Å². The van der Waals surface area contributed by atoms with Crippen LogP contribution < -0.4 is 0 Å². The maximum Gasteiger partial charge on any atom is 0.158 e. The van der Waals surface area contributed by atoms with Crippen molar-refractivity contribution in [2.24, 2.45) is 0 Å². The highest BCUT2D eigenvalue weighted by Crippen LogP contribution is 2.32. The predicted molar refractivity (Wildman–Crippen MR) is 58.3 cm³/mol. The highest BCUT2D eigenvalue weighted by molar-refractivity contribution is 7.73. The molecule has 0 saturated heterocycles. The predicted octanol–water partition coefficient (Wildman–Crippen LogP) is 2.88. The molecule has 2 aromatic rings. The van der Waals surface area contributed by atoms with Gasteiger partial charge in [0.25, 0.3) is 0 Å². The molecule has 0 aliphatic heterocycles. The molecule has 0 bridgehead atoms. The highest BCUT2D eigenvalue weighted by atomic mass is 32.1. The van der Waals surface area contributed by atoms with Gasteiger partial charge in [-0.2, -0.15) is 0 Å². The van der Waals surface area contributed by atoms with Crippen LogP contribution in [-0.2, 0) is 0 Å². The van der Waals surface area contributed by atoms with E-state index in [-0.39, 0.29) is 11.5 Å². The lowest BCUT2D eigenvalue weighted by atomic mass is 10.2. The topological polar surface area (TPSA) is 56.2 Å². The normalized spacial score (nSPS) is 10.3. The summed E-state index contributed by atoms with van der Waals surface area (Å²) in [7, 11) is 0. The summed E-state index contributed by atoms with van der Waals surface area (Å²) in [5, 5.41) is 18.4. The fraction of sp³-hybridized carbons (Fsp3) is 0. The number of aromatic amines is 1. The Morgan fingerprint density at radius 1 is 1.21 bits per heavy atom. The summed E-state index contributed by atoms with van der Waals surface area (Å²) >= 11 is 6.36. The fourth-order valence-electron chi connectivity index (χ4n) is 1.10. The molecule has 3 N–H and O–H groups in total. The SMILES string of the molecule is Oc1ccc(-c2c[nH]c(=S)s2)cc1O. The smallest absolute Gasteiger partial charge is 0.158 e. The minimum Gasteiger partial charge on any atom is -0.504 e. The first-order valence-corrected chi connectivity index (χ1v) is 5.10. The van der Waals surface area contributed by atoms with E-state index in [9.17, 15) is 5.11 Å². The van der Waals surface area contributed by atoms with Gasteiger partial charge in [-0.1, -0.05) is 0 Å². The molecule has 0 atom stereocenters. The number of hydrogen-bond acceptors (Lipinski definition) is 4. The molecule has 3 nitrogen and oxygen atoms in total. The van der Waals surface area contributed by atoms with Crippen LogP contribution in [0.25, 0.3) is 10.4 Å². The van der Waals surface area contributed by atoms with Crippen molar-refractivity contribution in [3.05, 3.63) is 28.4 Å². The maximum atomic E-state index is 9.29. The lowest BCUT2D eigenvalue weighted by Gasteiger charge is -1.99. The van der Waals surface area contributed by atoms with Crippen LogP contribution in [0.4, 0.5) is 0 Å². The molecule has 1 heterocycles. The van der Waals surface area contributed by atoms with Crippen LogP contribution in [0.1, 0.15) is 0 Å². The van der Waals surface area contributed by atoms with Gasteiger partial charge < -0.3 is 15.2 Å². The number of nitrogens with one attached hydrogen (secondary N) is 1. The average molecular weight is 225 g/mol. The average Bonchev–Trinajstić information content (AvgIpc) is 2.57. The first-order chi connectivity index (χ1) is 6.66. The number of thiazole rings is 1. The van der Waals surface area contributed by atoms with Gasteiger partial charge in [-0.15, -0.1) is 11.3 Å². The third-order valence-corrected chi connectivity index (χ3v) is 3.03.